The van der Waals surface area contributed by atoms with Gasteiger partial charge in [0.15, 0.2) is 0 Å². The van der Waals surface area contributed by atoms with Gasteiger partial charge in [0.25, 0.3) is 0 Å². The third-order valence-corrected chi connectivity index (χ3v) is 3.72. The van der Waals surface area contributed by atoms with Gasteiger partial charge in [0.2, 0.25) is 0 Å². The van der Waals surface area contributed by atoms with Gasteiger partial charge in [0.1, 0.15) is 5.60 Å². The van der Waals surface area contributed by atoms with Crippen LogP contribution in [-0.2, 0) is 11.3 Å². The first kappa shape index (κ1) is 19.5. The number of benzene rings is 1. The van der Waals surface area contributed by atoms with Gasteiger partial charge < -0.3 is 15.2 Å². The summed E-state index contributed by atoms with van der Waals surface area (Å²) in [5, 5.41) is 15.5. The number of anilines is 1. The van der Waals surface area contributed by atoms with Crippen molar-refractivity contribution in [2.45, 2.75) is 53.2 Å². The van der Waals surface area contributed by atoms with Crippen molar-refractivity contribution in [2.75, 3.05) is 18.5 Å². The number of amides is 1. The molecule has 1 rings (SSSR count). The van der Waals surface area contributed by atoms with Gasteiger partial charge in [-0.3, -0.25) is 5.32 Å². The molecular weight excluding hydrogens is 292 g/mol. The number of aliphatic hydroxyl groups excluding tert-OH is 1. The van der Waals surface area contributed by atoms with Crippen molar-refractivity contribution in [2.24, 2.45) is 5.41 Å². The van der Waals surface area contributed by atoms with E-state index in [0.29, 0.717) is 5.69 Å². The number of aliphatic hydroxyl groups is 1. The second kappa shape index (κ2) is 8.31. The smallest absolute Gasteiger partial charge is 0.412 e. The van der Waals surface area contributed by atoms with Gasteiger partial charge in [0.05, 0.1) is 0 Å². The van der Waals surface area contributed by atoms with Gasteiger partial charge >= 0.3 is 6.09 Å². The Morgan fingerprint density at radius 3 is 2.26 bits per heavy atom. The molecule has 1 aromatic carbocycles. The van der Waals surface area contributed by atoms with E-state index in [0.717, 1.165) is 25.1 Å². The van der Waals surface area contributed by atoms with E-state index in [-0.39, 0.29) is 12.0 Å². The molecule has 0 saturated heterocycles. The molecule has 1 atom stereocenters. The van der Waals surface area contributed by atoms with Crippen molar-refractivity contribution in [3.05, 3.63) is 29.8 Å². The van der Waals surface area contributed by atoms with Crippen LogP contribution in [-0.4, -0.2) is 30.0 Å². The second-order valence-electron chi connectivity index (χ2n) is 7.25. The number of ether oxygens (including phenoxy) is 1. The van der Waals surface area contributed by atoms with E-state index in [4.69, 9.17) is 4.74 Å². The molecule has 130 valence electrons. The minimum atomic E-state index is -0.507. The highest BCUT2D eigenvalue weighted by molar-refractivity contribution is 5.84. The molecule has 0 aliphatic rings. The third kappa shape index (κ3) is 7.48. The molecule has 5 heteroatoms. The Bertz CT molecular complexity index is 488. The first-order valence-corrected chi connectivity index (χ1v) is 8.08. The minimum absolute atomic E-state index is 0.0851. The Morgan fingerprint density at radius 1 is 1.17 bits per heavy atom. The Kier molecular flexibility index (Phi) is 7.03. The maximum absolute atomic E-state index is 11.7. The van der Waals surface area contributed by atoms with Gasteiger partial charge in [-0.25, -0.2) is 4.79 Å². The fraction of sp³-hybridized carbons (Fsp3) is 0.611. The highest BCUT2D eigenvalue weighted by Gasteiger charge is 2.20. The van der Waals surface area contributed by atoms with Crippen molar-refractivity contribution >= 4 is 11.8 Å². The molecule has 0 saturated carbocycles. The van der Waals surface area contributed by atoms with Crippen LogP contribution in [0, 0.1) is 5.41 Å². The van der Waals surface area contributed by atoms with Crippen LogP contribution < -0.4 is 10.6 Å². The molecule has 1 amide bonds. The van der Waals surface area contributed by atoms with Crippen LogP contribution in [0.5, 0.6) is 0 Å². The van der Waals surface area contributed by atoms with Crippen LogP contribution in [0.3, 0.4) is 0 Å². The van der Waals surface area contributed by atoms with Gasteiger partial charge in [-0.15, -0.1) is 0 Å². The molecule has 0 spiro atoms. The number of carbonyl (C=O) groups is 1. The van der Waals surface area contributed by atoms with Crippen molar-refractivity contribution < 1.29 is 14.6 Å². The average molecular weight is 322 g/mol. The standard InChI is InChI=1S/C18H30N2O3/c1-6-18(5,13-21)12-19-11-14-7-9-15(10-8-14)20-16(22)23-17(2,3)4/h7-10,19,21H,6,11-13H2,1-5H3,(H,20,22). The number of hydrogen-bond donors (Lipinski definition) is 3. The van der Waals surface area contributed by atoms with Crippen molar-refractivity contribution in [1.82, 2.24) is 5.32 Å². The van der Waals surface area contributed by atoms with Crippen LogP contribution in [0.4, 0.5) is 10.5 Å². The molecule has 3 N–H and O–H groups in total. The van der Waals surface area contributed by atoms with E-state index < -0.39 is 11.7 Å². The molecule has 0 fully saturated rings. The molecule has 0 heterocycles. The zero-order valence-electron chi connectivity index (χ0n) is 14.9. The third-order valence-electron chi connectivity index (χ3n) is 3.72. The van der Waals surface area contributed by atoms with E-state index in [9.17, 15) is 9.90 Å². The van der Waals surface area contributed by atoms with Gasteiger partial charge in [-0.05, 0) is 44.9 Å². The number of nitrogens with one attached hydrogen (secondary N) is 2. The monoisotopic (exact) mass is 322 g/mol. The average Bonchev–Trinajstić information content (AvgIpc) is 2.47. The van der Waals surface area contributed by atoms with E-state index >= 15 is 0 Å². The van der Waals surface area contributed by atoms with Crippen molar-refractivity contribution in [3.8, 4) is 0 Å². The highest BCUT2D eigenvalue weighted by atomic mass is 16.6. The quantitative estimate of drug-likeness (QED) is 0.718. The maximum Gasteiger partial charge on any atom is 0.412 e. The van der Waals surface area contributed by atoms with Crippen LogP contribution in [0.15, 0.2) is 24.3 Å². The minimum Gasteiger partial charge on any atom is -0.444 e. The lowest BCUT2D eigenvalue weighted by atomic mass is 9.88. The van der Waals surface area contributed by atoms with E-state index in [1.807, 2.05) is 45.0 Å². The lowest BCUT2D eigenvalue weighted by molar-refractivity contribution is 0.0636. The highest BCUT2D eigenvalue weighted by Crippen LogP contribution is 2.19. The Labute approximate surface area is 139 Å². The molecule has 5 nitrogen and oxygen atoms in total. The predicted molar refractivity (Wildman–Crippen MR) is 93.5 cm³/mol. The number of hydrogen-bond acceptors (Lipinski definition) is 4. The number of carbonyl (C=O) groups excluding carboxylic acids is 1. The fourth-order valence-corrected chi connectivity index (χ4v) is 1.93. The Hall–Kier alpha value is -1.59. The summed E-state index contributed by atoms with van der Waals surface area (Å²) >= 11 is 0. The summed E-state index contributed by atoms with van der Waals surface area (Å²) < 4.78 is 5.21. The molecule has 0 aliphatic heterocycles. The first-order chi connectivity index (χ1) is 10.7. The molecule has 1 unspecified atom stereocenters. The van der Waals surface area contributed by atoms with Crippen LogP contribution in [0.25, 0.3) is 0 Å². The maximum atomic E-state index is 11.7. The summed E-state index contributed by atoms with van der Waals surface area (Å²) in [6.07, 6.45) is 0.472. The molecule has 0 radical (unpaired) electrons. The molecule has 0 aliphatic carbocycles. The van der Waals surface area contributed by atoms with Gasteiger partial charge in [-0.2, -0.15) is 0 Å². The summed E-state index contributed by atoms with van der Waals surface area (Å²) in [7, 11) is 0. The zero-order valence-corrected chi connectivity index (χ0v) is 14.9. The lowest BCUT2D eigenvalue weighted by Crippen LogP contribution is -2.34. The largest absolute Gasteiger partial charge is 0.444 e. The van der Waals surface area contributed by atoms with E-state index in [2.05, 4.69) is 24.5 Å². The van der Waals surface area contributed by atoms with Crippen molar-refractivity contribution in [1.29, 1.82) is 0 Å². The van der Waals surface area contributed by atoms with Crippen molar-refractivity contribution in [3.63, 3.8) is 0 Å². The lowest BCUT2D eigenvalue weighted by Gasteiger charge is -2.25. The molecular formula is C18H30N2O3. The summed E-state index contributed by atoms with van der Waals surface area (Å²) in [5.41, 5.74) is 1.23. The Morgan fingerprint density at radius 2 is 1.78 bits per heavy atom. The summed E-state index contributed by atoms with van der Waals surface area (Å²) in [4.78, 5) is 11.7. The normalized spacial score (nSPS) is 14.2. The van der Waals surface area contributed by atoms with E-state index in [1.54, 1.807) is 0 Å². The van der Waals surface area contributed by atoms with E-state index in [1.165, 1.54) is 0 Å². The van der Waals surface area contributed by atoms with Gasteiger partial charge in [0, 0.05) is 30.8 Å². The van der Waals surface area contributed by atoms with Crippen LogP contribution in [0.2, 0.25) is 0 Å². The summed E-state index contributed by atoms with van der Waals surface area (Å²) in [6.45, 7) is 11.3. The summed E-state index contributed by atoms with van der Waals surface area (Å²) in [5.74, 6) is 0. The topological polar surface area (TPSA) is 70.6 Å². The molecule has 0 bridgehead atoms. The second-order valence-corrected chi connectivity index (χ2v) is 7.25. The van der Waals surface area contributed by atoms with Crippen LogP contribution in [0.1, 0.15) is 46.6 Å². The molecule has 1 aromatic rings. The first-order valence-electron chi connectivity index (χ1n) is 8.08. The fourth-order valence-electron chi connectivity index (χ4n) is 1.93. The zero-order chi connectivity index (χ0) is 17.5. The molecule has 23 heavy (non-hydrogen) atoms. The predicted octanol–water partition coefficient (Wildman–Crippen LogP) is 3.53. The Balaban J connectivity index is 2.46. The summed E-state index contributed by atoms with van der Waals surface area (Å²) in [6, 6.07) is 7.63. The van der Waals surface area contributed by atoms with Gasteiger partial charge in [-0.1, -0.05) is 26.0 Å². The molecule has 0 aromatic heterocycles. The number of rotatable bonds is 7. The SMILES string of the molecule is CCC(C)(CO)CNCc1ccc(NC(=O)OC(C)(C)C)cc1. The van der Waals surface area contributed by atoms with Crippen LogP contribution >= 0.6 is 0 Å².